The van der Waals surface area contributed by atoms with Crippen LogP contribution in [0.15, 0.2) is 6.07 Å². The van der Waals surface area contributed by atoms with Crippen molar-refractivity contribution in [2.45, 2.75) is 32.6 Å². The van der Waals surface area contributed by atoms with Crippen LogP contribution in [0.25, 0.3) is 0 Å². The van der Waals surface area contributed by atoms with E-state index in [0.29, 0.717) is 5.95 Å². The van der Waals surface area contributed by atoms with E-state index in [-0.39, 0.29) is 0 Å². The van der Waals surface area contributed by atoms with Crippen LogP contribution in [-0.4, -0.2) is 30.1 Å². The predicted octanol–water partition coefficient (Wildman–Crippen LogP) is 2.12. The number of aromatic nitrogens is 2. The third kappa shape index (κ3) is 3.03. The quantitative estimate of drug-likeness (QED) is 0.855. The van der Waals surface area contributed by atoms with Crippen LogP contribution in [0.5, 0.6) is 0 Å². The number of anilines is 3. The van der Waals surface area contributed by atoms with E-state index >= 15 is 0 Å². The maximum absolute atomic E-state index is 5.73. The van der Waals surface area contributed by atoms with Crippen LogP contribution in [-0.2, 0) is 0 Å². The molecule has 1 fully saturated rings. The minimum Gasteiger partial charge on any atom is -0.373 e. The van der Waals surface area contributed by atoms with E-state index < -0.39 is 0 Å². The molecule has 0 radical (unpaired) electrons. The SMILES string of the molecule is CCCC1CCN(c2cc(NC)nc(N)n2)CC1. The van der Waals surface area contributed by atoms with E-state index in [9.17, 15) is 0 Å². The highest BCUT2D eigenvalue weighted by Crippen LogP contribution is 2.26. The smallest absolute Gasteiger partial charge is 0.223 e. The molecule has 0 bridgehead atoms. The van der Waals surface area contributed by atoms with Gasteiger partial charge < -0.3 is 16.0 Å². The second-order valence-corrected chi connectivity index (χ2v) is 4.94. The van der Waals surface area contributed by atoms with Crippen LogP contribution in [0.1, 0.15) is 32.6 Å². The van der Waals surface area contributed by atoms with Gasteiger partial charge in [0.05, 0.1) is 0 Å². The van der Waals surface area contributed by atoms with Crippen molar-refractivity contribution in [1.29, 1.82) is 0 Å². The molecule has 2 heterocycles. The molecule has 0 spiro atoms. The first-order valence-electron chi connectivity index (χ1n) is 6.80. The summed E-state index contributed by atoms with van der Waals surface area (Å²) in [5, 5.41) is 3.02. The van der Waals surface area contributed by atoms with E-state index in [0.717, 1.165) is 30.6 Å². The van der Waals surface area contributed by atoms with Crippen molar-refractivity contribution < 1.29 is 0 Å². The lowest BCUT2D eigenvalue weighted by atomic mass is 9.92. The molecule has 100 valence electrons. The van der Waals surface area contributed by atoms with Gasteiger partial charge in [0, 0.05) is 26.2 Å². The third-order valence-corrected chi connectivity index (χ3v) is 3.62. The average molecular weight is 249 g/mol. The molecule has 3 N–H and O–H groups in total. The van der Waals surface area contributed by atoms with Gasteiger partial charge in [0.2, 0.25) is 5.95 Å². The summed E-state index contributed by atoms with van der Waals surface area (Å²) in [5.74, 6) is 2.96. The molecule has 1 aromatic heterocycles. The summed E-state index contributed by atoms with van der Waals surface area (Å²) in [5.41, 5.74) is 5.73. The molecule has 1 saturated heterocycles. The molecule has 1 aromatic rings. The molecule has 0 aliphatic carbocycles. The molecular formula is C13H23N5. The molecule has 0 unspecified atom stereocenters. The van der Waals surface area contributed by atoms with Crippen molar-refractivity contribution in [2.75, 3.05) is 36.1 Å². The van der Waals surface area contributed by atoms with Crippen molar-refractivity contribution in [2.24, 2.45) is 5.92 Å². The molecule has 18 heavy (non-hydrogen) atoms. The zero-order valence-electron chi connectivity index (χ0n) is 11.3. The molecule has 1 aliphatic heterocycles. The first kappa shape index (κ1) is 12.9. The number of hydrogen-bond donors (Lipinski definition) is 2. The minimum atomic E-state index is 0.340. The lowest BCUT2D eigenvalue weighted by Gasteiger charge is -2.32. The number of nitrogens with one attached hydrogen (secondary N) is 1. The predicted molar refractivity (Wildman–Crippen MR) is 75.8 cm³/mol. The number of nitrogen functional groups attached to an aromatic ring is 1. The van der Waals surface area contributed by atoms with Gasteiger partial charge in [-0.15, -0.1) is 0 Å². The van der Waals surface area contributed by atoms with Crippen LogP contribution < -0.4 is 16.0 Å². The second-order valence-electron chi connectivity index (χ2n) is 4.94. The van der Waals surface area contributed by atoms with Crippen molar-refractivity contribution in [1.82, 2.24) is 9.97 Å². The van der Waals surface area contributed by atoms with Gasteiger partial charge >= 0.3 is 0 Å². The van der Waals surface area contributed by atoms with E-state index in [1.165, 1.54) is 25.7 Å². The van der Waals surface area contributed by atoms with Gasteiger partial charge in [-0.3, -0.25) is 0 Å². The first-order valence-corrected chi connectivity index (χ1v) is 6.80. The zero-order chi connectivity index (χ0) is 13.0. The Hall–Kier alpha value is -1.52. The number of hydrogen-bond acceptors (Lipinski definition) is 5. The summed E-state index contributed by atoms with van der Waals surface area (Å²) < 4.78 is 0. The fourth-order valence-corrected chi connectivity index (χ4v) is 2.60. The second kappa shape index (κ2) is 5.89. The highest BCUT2D eigenvalue weighted by molar-refractivity contribution is 5.52. The maximum atomic E-state index is 5.73. The standard InChI is InChI=1S/C13H23N5/c1-3-4-10-5-7-18(8-6-10)12-9-11(15-2)16-13(14)17-12/h9-10H,3-8H2,1-2H3,(H3,14,15,16,17). The van der Waals surface area contributed by atoms with Gasteiger partial charge in [-0.25, -0.2) is 0 Å². The summed E-state index contributed by atoms with van der Waals surface area (Å²) in [6.45, 7) is 4.41. The molecule has 5 heteroatoms. The summed E-state index contributed by atoms with van der Waals surface area (Å²) in [4.78, 5) is 10.8. The zero-order valence-corrected chi connectivity index (χ0v) is 11.3. The van der Waals surface area contributed by atoms with E-state index in [1.807, 2.05) is 13.1 Å². The summed E-state index contributed by atoms with van der Waals surface area (Å²) in [6, 6.07) is 1.97. The third-order valence-electron chi connectivity index (χ3n) is 3.62. The Morgan fingerprint density at radius 3 is 2.72 bits per heavy atom. The van der Waals surface area contributed by atoms with Gasteiger partial charge in [-0.1, -0.05) is 19.8 Å². The first-order chi connectivity index (χ1) is 8.72. The Morgan fingerprint density at radius 1 is 1.39 bits per heavy atom. The van der Waals surface area contributed by atoms with Crippen molar-refractivity contribution in [3.63, 3.8) is 0 Å². The van der Waals surface area contributed by atoms with Crippen LogP contribution in [0.3, 0.4) is 0 Å². The topological polar surface area (TPSA) is 67.1 Å². The van der Waals surface area contributed by atoms with Gasteiger partial charge in [0.15, 0.2) is 0 Å². The highest BCUT2D eigenvalue weighted by Gasteiger charge is 2.20. The van der Waals surface area contributed by atoms with Crippen LogP contribution >= 0.6 is 0 Å². The van der Waals surface area contributed by atoms with Crippen molar-refractivity contribution in [3.05, 3.63) is 6.07 Å². The fraction of sp³-hybridized carbons (Fsp3) is 0.692. The molecule has 0 aromatic carbocycles. The lowest BCUT2D eigenvalue weighted by Crippen LogP contribution is -2.34. The Bertz CT molecular complexity index is 385. The molecule has 2 rings (SSSR count). The van der Waals surface area contributed by atoms with Crippen LogP contribution in [0.4, 0.5) is 17.6 Å². The number of nitrogens with two attached hydrogens (primary N) is 1. The highest BCUT2D eigenvalue weighted by atomic mass is 15.2. The van der Waals surface area contributed by atoms with E-state index in [4.69, 9.17) is 5.73 Å². The Morgan fingerprint density at radius 2 is 2.11 bits per heavy atom. The maximum Gasteiger partial charge on any atom is 0.223 e. The van der Waals surface area contributed by atoms with Crippen LogP contribution in [0, 0.1) is 5.92 Å². The largest absolute Gasteiger partial charge is 0.373 e. The van der Waals surface area contributed by atoms with E-state index in [1.54, 1.807) is 0 Å². The fourth-order valence-electron chi connectivity index (χ4n) is 2.60. The normalized spacial score (nSPS) is 16.9. The van der Waals surface area contributed by atoms with Gasteiger partial charge in [0.1, 0.15) is 11.6 Å². The molecule has 0 saturated carbocycles. The van der Waals surface area contributed by atoms with Gasteiger partial charge in [0.25, 0.3) is 0 Å². The molecule has 0 atom stereocenters. The van der Waals surface area contributed by atoms with Crippen molar-refractivity contribution >= 4 is 17.6 Å². The molecule has 5 nitrogen and oxygen atoms in total. The number of rotatable bonds is 4. The van der Waals surface area contributed by atoms with Crippen LogP contribution in [0.2, 0.25) is 0 Å². The molecular weight excluding hydrogens is 226 g/mol. The Kier molecular flexibility index (Phi) is 4.23. The summed E-state index contributed by atoms with van der Waals surface area (Å²) in [7, 11) is 1.85. The summed E-state index contributed by atoms with van der Waals surface area (Å²) >= 11 is 0. The Balaban J connectivity index is 2.02. The van der Waals surface area contributed by atoms with E-state index in [2.05, 4.69) is 27.1 Å². The molecule has 1 aliphatic rings. The minimum absolute atomic E-state index is 0.340. The van der Waals surface area contributed by atoms with Gasteiger partial charge in [-0.2, -0.15) is 9.97 Å². The van der Waals surface area contributed by atoms with Gasteiger partial charge in [-0.05, 0) is 18.8 Å². The Labute approximate surface area is 109 Å². The monoisotopic (exact) mass is 249 g/mol. The lowest BCUT2D eigenvalue weighted by molar-refractivity contribution is 0.377. The number of piperidine rings is 1. The molecule has 0 amide bonds. The summed E-state index contributed by atoms with van der Waals surface area (Å²) in [6.07, 6.45) is 5.15. The average Bonchev–Trinajstić information content (AvgIpc) is 2.39. The number of nitrogens with zero attached hydrogens (tertiary/aromatic N) is 3. The van der Waals surface area contributed by atoms with Crippen molar-refractivity contribution in [3.8, 4) is 0 Å².